The van der Waals surface area contributed by atoms with Gasteiger partial charge in [0.15, 0.2) is 5.11 Å². The molecule has 1 N–H and O–H groups in total. The van der Waals surface area contributed by atoms with Crippen molar-refractivity contribution in [3.63, 3.8) is 0 Å². The summed E-state index contributed by atoms with van der Waals surface area (Å²) in [6, 6.07) is 13.2. The SMILES string of the molecule is COc1ccc(N(C)C(=S)Nc2ccc(OC)cc2OC)cc1. The first-order valence-electron chi connectivity index (χ1n) is 7.00. The van der Waals surface area contributed by atoms with E-state index in [0.717, 1.165) is 22.9 Å². The van der Waals surface area contributed by atoms with Crippen LogP contribution in [0.3, 0.4) is 0 Å². The van der Waals surface area contributed by atoms with E-state index in [1.54, 1.807) is 27.4 Å². The molecule has 23 heavy (non-hydrogen) atoms. The molecule has 0 atom stereocenters. The zero-order valence-corrected chi connectivity index (χ0v) is 14.4. The van der Waals surface area contributed by atoms with Gasteiger partial charge in [-0.1, -0.05) is 0 Å². The Morgan fingerprint density at radius 2 is 1.52 bits per heavy atom. The normalized spacial score (nSPS) is 9.91. The molecule has 2 aromatic rings. The van der Waals surface area contributed by atoms with Crippen molar-refractivity contribution in [2.75, 3.05) is 38.6 Å². The van der Waals surface area contributed by atoms with Crippen molar-refractivity contribution < 1.29 is 14.2 Å². The fourth-order valence-corrected chi connectivity index (χ4v) is 2.24. The number of ether oxygens (including phenoxy) is 3. The van der Waals surface area contributed by atoms with Crippen LogP contribution < -0.4 is 24.4 Å². The topological polar surface area (TPSA) is 43.0 Å². The second-order valence-electron chi connectivity index (χ2n) is 4.75. The highest BCUT2D eigenvalue weighted by Gasteiger charge is 2.11. The van der Waals surface area contributed by atoms with Gasteiger partial charge in [0, 0.05) is 18.8 Å². The van der Waals surface area contributed by atoms with Crippen LogP contribution >= 0.6 is 12.2 Å². The first-order chi connectivity index (χ1) is 11.1. The van der Waals surface area contributed by atoms with Crippen molar-refractivity contribution in [2.45, 2.75) is 0 Å². The molecule has 6 heteroatoms. The molecule has 0 aliphatic heterocycles. The second-order valence-corrected chi connectivity index (χ2v) is 5.14. The minimum atomic E-state index is 0.554. The molecule has 2 rings (SSSR count). The average molecular weight is 332 g/mol. The highest BCUT2D eigenvalue weighted by atomic mass is 32.1. The van der Waals surface area contributed by atoms with Crippen LogP contribution in [0.5, 0.6) is 17.2 Å². The van der Waals surface area contributed by atoms with Crippen LogP contribution in [-0.2, 0) is 0 Å². The Hall–Kier alpha value is -2.47. The van der Waals surface area contributed by atoms with Gasteiger partial charge in [0.1, 0.15) is 17.2 Å². The van der Waals surface area contributed by atoms with E-state index in [-0.39, 0.29) is 0 Å². The molecule has 0 aliphatic carbocycles. The predicted molar refractivity (Wildman–Crippen MR) is 97.2 cm³/mol. The maximum absolute atomic E-state index is 5.47. The van der Waals surface area contributed by atoms with Crippen molar-refractivity contribution in [2.24, 2.45) is 0 Å². The number of rotatable bonds is 5. The number of nitrogens with one attached hydrogen (secondary N) is 1. The fraction of sp³-hybridized carbons (Fsp3) is 0.235. The number of hydrogen-bond acceptors (Lipinski definition) is 4. The van der Waals surface area contributed by atoms with Crippen LogP contribution in [0.1, 0.15) is 0 Å². The van der Waals surface area contributed by atoms with Crippen molar-refractivity contribution in [3.8, 4) is 17.2 Å². The summed E-state index contributed by atoms with van der Waals surface area (Å²) in [6.07, 6.45) is 0. The first-order valence-corrected chi connectivity index (χ1v) is 7.40. The van der Waals surface area contributed by atoms with E-state index in [2.05, 4.69) is 5.32 Å². The number of hydrogen-bond donors (Lipinski definition) is 1. The molecule has 0 amide bonds. The van der Waals surface area contributed by atoms with Gasteiger partial charge in [-0.3, -0.25) is 0 Å². The van der Waals surface area contributed by atoms with Crippen molar-refractivity contribution in [1.82, 2.24) is 0 Å². The Morgan fingerprint density at radius 3 is 2.09 bits per heavy atom. The molecule has 0 aliphatic rings. The van der Waals surface area contributed by atoms with Crippen LogP contribution in [-0.4, -0.2) is 33.5 Å². The van der Waals surface area contributed by atoms with E-state index in [1.165, 1.54) is 0 Å². The predicted octanol–water partition coefficient (Wildman–Crippen LogP) is 3.55. The average Bonchev–Trinajstić information content (AvgIpc) is 2.61. The fourth-order valence-electron chi connectivity index (χ4n) is 2.02. The summed E-state index contributed by atoms with van der Waals surface area (Å²) in [7, 11) is 6.76. The summed E-state index contributed by atoms with van der Waals surface area (Å²) in [5.74, 6) is 2.19. The summed E-state index contributed by atoms with van der Waals surface area (Å²) >= 11 is 5.47. The zero-order chi connectivity index (χ0) is 16.8. The van der Waals surface area contributed by atoms with Gasteiger partial charge in [0.2, 0.25) is 0 Å². The largest absolute Gasteiger partial charge is 0.497 e. The minimum Gasteiger partial charge on any atom is -0.497 e. The molecular weight excluding hydrogens is 312 g/mol. The van der Waals surface area contributed by atoms with Crippen LogP contribution in [0.15, 0.2) is 42.5 Å². The molecule has 0 heterocycles. The second kappa shape index (κ2) is 7.69. The maximum Gasteiger partial charge on any atom is 0.177 e. The number of thiocarbonyl (C=S) groups is 1. The lowest BCUT2D eigenvalue weighted by atomic mass is 10.2. The Balaban J connectivity index is 2.14. The van der Waals surface area contributed by atoms with E-state index in [9.17, 15) is 0 Å². The third kappa shape index (κ3) is 4.04. The van der Waals surface area contributed by atoms with Crippen LogP contribution in [0.4, 0.5) is 11.4 Å². The monoisotopic (exact) mass is 332 g/mol. The molecule has 0 saturated carbocycles. The summed E-state index contributed by atoms with van der Waals surface area (Å²) < 4.78 is 15.7. The van der Waals surface area contributed by atoms with Crippen molar-refractivity contribution in [3.05, 3.63) is 42.5 Å². The van der Waals surface area contributed by atoms with E-state index in [1.807, 2.05) is 48.3 Å². The number of methoxy groups -OCH3 is 3. The van der Waals surface area contributed by atoms with Gasteiger partial charge in [-0.05, 0) is 48.6 Å². The van der Waals surface area contributed by atoms with Gasteiger partial charge in [-0.2, -0.15) is 0 Å². The van der Waals surface area contributed by atoms with Crippen LogP contribution in [0.2, 0.25) is 0 Å². The quantitative estimate of drug-likeness (QED) is 0.845. The summed E-state index contributed by atoms with van der Waals surface area (Å²) in [5.41, 5.74) is 1.73. The molecule has 0 unspecified atom stereocenters. The Bertz CT molecular complexity index is 674. The smallest absolute Gasteiger partial charge is 0.177 e. The van der Waals surface area contributed by atoms with Crippen molar-refractivity contribution >= 4 is 28.7 Å². The molecule has 122 valence electrons. The number of nitrogens with zero attached hydrogens (tertiary/aromatic N) is 1. The molecule has 0 radical (unpaired) electrons. The zero-order valence-electron chi connectivity index (χ0n) is 13.6. The summed E-state index contributed by atoms with van der Waals surface area (Å²) in [5, 5.41) is 3.74. The lowest BCUT2D eigenvalue weighted by Gasteiger charge is -2.22. The van der Waals surface area contributed by atoms with Crippen molar-refractivity contribution in [1.29, 1.82) is 0 Å². The molecule has 5 nitrogen and oxygen atoms in total. The lowest BCUT2D eigenvalue weighted by Crippen LogP contribution is -2.30. The maximum atomic E-state index is 5.47. The van der Waals surface area contributed by atoms with Crippen LogP contribution in [0.25, 0.3) is 0 Å². The minimum absolute atomic E-state index is 0.554. The Labute approximate surface area is 141 Å². The third-order valence-corrected chi connectivity index (χ3v) is 3.79. The number of benzene rings is 2. The number of anilines is 2. The van der Waals surface area contributed by atoms with Gasteiger partial charge in [0.05, 0.1) is 27.0 Å². The standard InChI is InChI=1S/C17H20N2O3S/c1-19(12-5-7-13(20-2)8-6-12)17(23)18-15-10-9-14(21-3)11-16(15)22-4/h5-11H,1-4H3,(H,18,23). The summed E-state index contributed by atoms with van der Waals surface area (Å²) in [4.78, 5) is 1.87. The lowest BCUT2D eigenvalue weighted by molar-refractivity contribution is 0.395. The summed E-state index contributed by atoms with van der Waals surface area (Å²) in [6.45, 7) is 0. The highest BCUT2D eigenvalue weighted by Crippen LogP contribution is 2.29. The third-order valence-electron chi connectivity index (χ3n) is 3.41. The van der Waals surface area contributed by atoms with E-state index >= 15 is 0 Å². The molecular formula is C17H20N2O3S. The van der Waals surface area contributed by atoms with Crippen LogP contribution in [0, 0.1) is 0 Å². The van der Waals surface area contributed by atoms with E-state index in [0.29, 0.717) is 10.9 Å². The van der Waals surface area contributed by atoms with E-state index < -0.39 is 0 Å². The van der Waals surface area contributed by atoms with Gasteiger partial charge in [-0.15, -0.1) is 0 Å². The molecule has 0 fully saturated rings. The molecule has 0 aromatic heterocycles. The first kappa shape index (κ1) is 16.9. The Morgan fingerprint density at radius 1 is 0.913 bits per heavy atom. The van der Waals surface area contributed by atoms with Gasteiger partial charge in [0.25, 0.3) is 0 Å². The molecule has 0 saturated heterocycles. The van der Waals surface area contributed by atoms with E-state index in [4.69, 9.17) is 26.4 Å². The van der Waals surface area contributed by atoms with Gasteiger partial charge < -0.3 is 24.4 Å². The van der Waals surface area contributed by atoms with Gasteiger partial charge >= 0.3 is 0 Å². The molecule has 0 bridgehead atoms. The van der Waals surface area contributed by atoms with Gasteiger partial charge in [-0.25, -0.2) is 0 Å². The molecule has 0 spiro atoms. The Kier molecular flexibility index (Phi) is 5.65. The molecule has 2 aromatic carbocycles. The highest BCUT2D eigenvalue weighted by molar-refractivity contribution is 7.80.